The first-order valence-corrected chi connectivity index (χ1v) is 8.72. The fourth-order valence-corrected chi connectivity index (χ4v) is 3.74. The van der Waals surface area contributed by atoms with Crippen LogP contribution in [0.3, 0.4) is 0 Å². The highest BCUT2D eigenvalue weighted by molar-refractivity contribution is 5.95. The Morgan fingerprint density at radius 3 is 2.40 bits per heavy atom. The Morgan fingerprint density at radius 1 is 1.12 bits per heavy atom. The van der Waals surface area contributed by atoms with E-state index in [0.717, 1.165) is 16.7 Å². The molecule has 1 fully saturated rings. The normalized spacial score (nSPS) is 23.7. The van der Waals surface area contributed by atoms with Gasteiger partial charge in [-0.15, -0.1) is 0 Å². The topological polar surface area (TPSA) is 43.8 Å². The van der Waals surface area contributed by atoms with Gasteiger partial charge in [0.05, 0.1) is 6.04 Å². The van der Waals surface area contributed by atoms with Gasteiger partial charge in [-0.1, -0.05) is 48.5 Å². The highest BCUT2D eigenvalue weighted by Gasteiger charge is 2.45. The third-order valence-corrected chi connectivity index (χ3v) is 5.27. The number of carbonyl (C=O) groups excluding carboxylic acids is 1. The lowest BCUT2D eigenvalue weighted by Crippen LogP contribution is -2.60. The fourth-order valence-electron chi connectivity index (χ4n) is 3.74. The number of carbonyl (C=O) groups is 1. The Kier molecular flexibility index (Phi) is 4.93. The standard InChI is InChI=1S/C21H26N2O2/c1-16-9-7-8-12-18(16)20(24)23-14-13-21(25,19(15-23)22(2)3)17-10-5-4-6-11-17/h4-12,19,25H,13-15H2,1-3H3/t19-,21+/m1/s1. The second-order valence-electron chi connectivity index (χ2n) is 7.09. The smallest absolute Gasteiger partial charge is 0.254 e. The molecule has 25 heavy (non-hydrogen) atoms. The van der Waals surface area contributed by atoms with Crippen molar-refractivity contribution in [1.82, 2.24) is 9.80 Å². The second-order valence-corrected chi connectivity index (χ2v) is 7.09. The summed E-state index contributed by atoms with van der Waals surface area (Å²) in [6, 6.07) is 17.3. The van der Waals surface area contributed by atoms with E-state index < -0.39 is 5.60 Å². The maximum Gasteiger partial charge on any atom is 0.254 e. The van der Waals surface area contributed by atoms with Gasteiger partial charge in [-0.25, -0.2) is 0 Å². The molecule has 3 rings (SSSR count). The molecule has 132 valence electrons. The zero-order chi connectivity index (χ0) is 18.0. The van der Waals surface area contributed by atoms with Crippen LogP contribution in [0.5, 0.6) is 0 Å². The number of amides is 1. The first-order chi connectivity index (χ1) is 11.9. The van der Waals surface area contributed by atoms with Gasteiger partial charge in [-0.05, 0) is 44.6 Å². The van der Waals surface area contributed by atoms with Crippen molar-refractivity contribution in [2.24, 2.45) is 0 Å². The van der Waals surface area contributed by atoms with Gasteiger partial charge < -0.3 is 14.9 Å². The molecule has 1 heterocycles. The summed E-state index contributed by atoms with van der Waals surface area (Å²) in [4.78, 5) is 16.8. The number of piperidine rings is 1. The van der Waals surface area contributed by atoms with Gasteiger partial charge in [-0.2, -0.15) is 0 Å². The molecule has 0 unspecified atom stereocenters. The quantitative estimate of drug-likeness (QED) is 0.936. The molecule has 0 aliphatic carbocycles. The van der Waals surface area contributed by atoms with E-state index >= 15 is 0 Å². The Morgan fingerprint density at radius 2 is 1.76 bits per heavy atom. The Balaban J connectivity index is 1.87. The van der Waals surface area contributed by atoms with E-state index in [-0.39, 0.29) is 11.9 Å². The summed E-state index contributed by atoms with van der Waals surface area (Å²) in [6.07, 6.45) is 0.525. The van der Waals surface area contributed by atoms with E-state index in [2.05, 4.69) is 0 Å². The van der Waals surface area contributed by atoms with Crippen LogP contribution in [-0.2, 0) is 5.60 Å². The van der Waals surface area contributed by atoms with E-state index in [1.54, 1.807) is 0 Å². The first kappa shape index (κ1) is 17.6. The Hall–Kier alpha value is -2.17. The third kappa shape index (κ3) is 3.32. The van der Waals surface area contributed by atoms with Gasteiger partial charge in [0, 0.05) is 18.7 Å². The number of hydrogen-bond acceptors (Lipinski definition) is 3. The van der Waals surface area contributed by atoms with E-state index in [1.807, 2.05) is 85.4 Å². The number of likely N-dealkylation sites (N-methyl/N-ethyl adjacent to an activating group) is 1. The number of rotatable bonds is 3. The van der Waals surface area contributed by atoms with Gasteiger partial charge in [0.1, 0.15) is 5.60 Å². The van der Waals surface area contributed by atoms with E-state index in [1.165, 1.54) is 0 Å². The second kappa shape index (κ2) is 6.98. The maximum atomic E-state index is 13.0. The number of nitrogens with zero attached hydrogens (tertiary/aromatic N) is 2. The Bertz CT molecular complexity index is 745. The molecular weight excluding hydrogens is 312 g/mol. The summed E-state index contributed by atoms with van der Waals surface area (Å²) in [5.41, 5.74) is 1.69. The van der Waals surface area contributed by atoms with Crippen molar-refractivity contribution < 1.29 is 9.90 Å². The molecule has 2 atom stereocenters. The van der Waals surface area contributed by atoms with Crippen molar-refractivity contribution in [3.63, 3.8) is 0 Å². The number of aliphatic hydroxyl groups is 1. The van der Waals surface area contributed by atoms with Crippen LogP contribution < -0.4 is 0 Å². The summed E-state index contributed by atoms with van der Waals surface area (Å²) in [5, 5.41) is 11.4. The molecule has 4 nitrogen and oxygen atoms in total. The molecule has 0 bridgehead atoms. The third-order valence-electron chi connectivity index (χ3n) is 5.27. The van der Waals surface area contributed by atoms with Crippen LogP contribution in [0.2, 0.25) is 0 Å². The van der Waals surface area contributed by atoms with E-state index in [9.17, 15) is 9.90 Å². The lowest BCUT2D eigenvalue weighted by Gasteiger charge is -2.47. The van der Waals surface area contributed by atoms with Crippen molar-refractivity contribution in [2.75, 3.05) is 27.2 Å². The molecule has 0 aromatic heterocycles. The summed E-state index contributed by atoms with van der Waals surface area (Å²) >= 11 is 0. The lowest BCUT2D eigenvalue weighted by molar-refractivity contribution is -0.0810. The number of hydrogen-bond donors (Lipinski definition) is 1. The van der Waals surface area contributed by atoms with Crippen LogP contribution in [0.4, 0.5) is 0 Å². The monoisotopic (exact) mass is 338 g/mol. The van der Waals surface area contributed by atoms with Gasteiger partial charge in [0.2, 0.25) is 0 Å². The first-order valence-electron chi connectivity index (χ1n) is 8.72. The van der Waals surface area contributed by atoms with Crippen LogP contribution in [0.1, 0.15) is 27.9 Å². The predicted octanol–water partition coefficient (Wildman–Crippen LogP) is 2.66. The highest BCUT2D eigenvalue weighted by Crippen LogP contribution is 2.35. The highest BCUT2D eigenvalue weighted by atomic mass is 16.3. The minimum atomic E-state index is -0.951. The van der Waals surface area contributed by atoms with Crippen LogP contribution in [0.25, 0.3) is 0 Å². The molecular formula is C21H26N2O2. The molecule has 1 amide bonds. The van der Waals surface area contributed by atoms with Crippen molar-refractivity contribution in [2.45, 2.75) is 25.0 Å². The molecule has 1 N–H and O–H groups in total. The van der Waals surface area contributed by atoms with Crippen molar-refractivity contribution >= 4 is 5.91 Å². The van der Waals surface area contributed by atoms with Gasteiger partial charge in [0.15, 0.2) is 0 Å². The van der Waals surface area contributed by atoms with Crippen LogP contribution in [0.15, 0.2) is 54.6 Å². The average Bonchev–Trinajstić information content (AvgIpc) is 2.62. The van der Waals surface area contributed by atoms with Crippen molar-refractivity contribution in [3.05, 3.63) is 71.3 Å². The molecule has 0 radical (unpaired) electrons. The van der Waals surface area contributed by atoms with Crippen molar-refractivity contribution in [1.29, 1.82) is 0 Å². The summed E-state index contributed by atoms with van der Waals surface area (Å²) in [5.74, 6) is 0.0417. The van der Waals surface area contributed by atoms with E-state index in [4.69, 9.17) is 0 Å². The zero-order valence-corrected chi connectivity index (χ0v) is 15.1. The summed E-state index contributed by atoms with van der Waals surface area (Å²) < 4.78 is 0. The minimum absolute atomic E-state index is 0.0417. The molecule has 1 aliphatic rings. The summed E-state index contributed by atoms with van der Waals surface area (Å²) in [7, 11) is 3.92. The van der Waals surface area contributed by atoms with Gasteiger partial charge in [-0.3, -0.25) is 4.79 Å². The average molecular weight is 338 g/mol. The number of likely N-dealkylation sites (tertiary alicyclic amines) is 1. The predicted molar refractivity (Wildman–Crippen MR) is 99.5 cm³/mol. The summed E-state index contributed by atoms with van der Waals surface area (Å²) in [6.45, 7) is 3.01. The van der Waals surface area contributed by atoms with Crippen LogP contribution >= 0.6 is 0 Å². The SMILES string of the molecule is Cc1ccccc1C(=O)N1CC[C@](O)(c2ccccc2)[C@H](N(C)C)C1. The van der Waals surface area contributed by atoms with Crippen LogP contribution in [0, 0.1) is 6.92 Å². The number of aryl methyl sites for hydroxylation is 1. The maximum absolute atomic E-state index is 13.0. The van der Waals surface area contributed by atoms with Crippen molar-refractivity contribution in [3.8, 4) is 0 Å². The Labute approximate surface area is 149 Å². The van der Waals surface area contributed by atoms with Crippen LogP contribution in [-0.4, -0.2) is 54.0 Å². The largest absolute Gasteiger partial charge is 0.383 e. The fraction of sp³-hybridized carbons (Fsp3) is 0.381. The minimum Gasteiger partial charge on any atom is -0.383 e. The molecule has 2 aromatic rings. The molecule has 2 aromatic carbocycles. The lowest BCUT2D eigenvalue weighted by atomic mass is 9.79. The zero-order valence-electron chi connectivity index (χ0n) is 15.1. The molecule has 1 aliphatic heterocycles. The van der Waals surface area contributed by atoms with Gasteiger partial charge >= 0.3 is 0 Å². The molecule has 4 heteroatoms. The molecule has 1 saturated heterocycles. The van der Waals surface area contributed by atoms with Gasteiger partial charge in [0.25, 0.3) is 5.91 Å². The number of benzene rings is 2. The molecule has 0 spiro atoms. The molecule has 0 saturated carbocycles. The van der Waals surface area contributed by atoms with E-state index in [0.29, 0.717) is 19.5 Å².